The minimum absolute atomic E-state index is 0.0231. The van der Waals surface area contributed by atoms with Gasteiger partial charge in [0.1, 0.15) is 0 Å². The third-order valence-electron chi connectivity index (χ3n) is 4.58. The molecule has 1 aliphatic heterocycles. The van der Waals surface area contributed by atoms with E-state index in [0.29, 0.717) is 32.9 Å². The van der Waals surface area contributed by atoms with Gasteiger partial charge in [-0.3, -0.25) is 9.69 Å². The molecule has 9 nitrogen and oxygen atoms in total. The summed E-state index contributed by atoms with van der Waals surface area (Å²) in [6.07, 6.45) is -1.41. The minimum Gasteiger partial charge on any atom is -0.436 e. The van der Waals surface area contributed by atoms with Gasteiger partial charge in [-0.05, 0) is 17.9 Å². The lowest BCUT2D eigenvalue weighted by Crippen LogP contribution is -2.50. The van der Waals surface area contributed by atoms with E-state index in [4.69, 9.17) is 19.9 Å². The average molecular weight is 421 g/mol. The summed E-state index contributed by atoms with van der Waals surface area (Å²) in [7, 11) is 0. The summed E-state index contributed by atoms with van der Waals surface area (Å²) >= 11 is 0. The van der Waals surface area contributed by atoms with E-state index in [1.165, 1.54) is 4.90 Å². The summed E-state index contributed by atoms with van der Waals surface area (Å²) in [5, 5.41) is 0. The summed E-state index contributed by atoms with van der Waals surface area (Å²) < 4.78 is 16.2. The van der Waals surface area contributed by atoms with Crippen molar-refractivity contribution in [2.24, 2.45) is 11.7 Å². The van der Waals surface area contributed by atoms with Crippen molar-refractivity contribution in [3.8, 4) is 0 Å². The maximum absolute atomic E-state index is 13.0. The molecule has 2 rings (SSSR count). The van der Waals surface area contributed by atoms with E-state index in [1.807, 2.05) is 44.2 Å². The molecule has 0 spiro atoms. The second-order valence-electron chi connectivity index (χ2n) is 7.47. The summed E-state index contributed by atoms with van der Waals surface area (Å²) in [6.45, 7) is 5.89. The Kier molecular flexibility index (Phi) is 9.56. The predicted octanol–water partition coefficient (Wildman–Crippen LogP) is 1.99. The number of ether oxygens (including phenoxy) is 3. The molecule has 1 aromatic carbocycles. The Morgan fingerprint density at radius 1 is 1.17 bits per heavy atom. The monoisotopic (exact) mass is 421 g/mol. The molecule has 0 bridgehead atoms. The molecule has 9 heteroatoms. The van der Waals surface area contributed by atoms with Crippen LogP contribution in [-0.4, -0.2) is 73.4 Å². The Bertz CT molecular complexity index is 691. The Labute approximate surface area is 177 Å². The highest BCUT2D eigenvalue weighted by Crippen LogP contribution is 2.14. The zero-order valence-corrected chi connectivity index (χ0v) is 17.6. The first-order valence-corrected chi connectivity index (χ1v) is 10.1. The van der Waals surface area contributed by atoms with E-state index < -0.39 is 24.1 Å². The van der Waals surface area contributed by atoms with Crippen molar-refractivity contribution in [1.29, 1.82) is 0 Å². The average Bonchev–Trinajstić information content (AvgIpc) is 2.73. The summed E-state index contributed by atoms with van der Waals surface area (Å²) in [5.74, 6) is -0.568. The molecule has 0 saturated carbocycles. The number of primary amides is 1. The molecule has 1 heterocycles. The molecular weight excluding hydrogens is 390 g/mol. The van der Waals surface area contributed by atoms with Gasteiger partial charge in [-0.2, -0.15) is 0 Å². The van der Waals surface area contributed by atoms with Gasteiger partial charge in [0.2, 0.25) is 0 Å². The molecular formula is C21H31N3O6. The van der Waals surface area contributed by atoms with Gasteiger partial charge in [0.15, 0.2) is 6.10 Å². The zero-order chi connectivity index (χ0) is 21.9. The molecule has 1 aliphatic rings. The van der Waals surface area contributed by atoms with Crippen LogP contribution in [0.1, 0.15) is 25.8 Å². The molecule has 0 aliphatic carbocycles. The third kappa shape index (κ3) is 7.64. The van der Waals surface area contributed by atoms with Gasteiger partial charge in [-0.15, -0.1) is 0 Å². The first-order chi connectivity index (χ1) is 14.4. The fraction of sp³-hybridized carbons (Fsp3) is 0.571. The van der Waals surface area contributed by atoms with Crippen LogP contribution in [0.2, 0.25) is 0 Å². The third-order valence-corrected chi connectivity index (χ3v) is 4.58. The van der Waals surface area contributed by atoms with Crippen LogP contribution >= 0.6 is 0 Å². The van der Waals surface area contributed by atoms with E-state index >= 15 is 0 Å². The highest BCUT2D eigenvalue weighted by atomic mass is 16.6. The molecule has 4 amide bonds. The van der Waals surface area contributed by atoms with Gasteiger partial charge in [-0.25, -0.2) is 9.59 Å². The first kappa shape index (κ1) is 23.6. The van der Waals surface area contributed by atoms with Gasteiger partial charge in [0, 0.05) is 13.1 Å². The Morgan fingerprint density at radius 2 is 1.83 bits per heavy atom. The van der Waals surface area contributed by atoms with Crippen molar-refractivity contribution in [3.05, 3.63) is 35.9 Å². The van der Waals surface area contributed by atoms with E-state index in [9.17, 15) is 14.4 Å². The maximum atomic E-state index is 13.0. The van der Waals surface area contributed by atoms with Crippen molar-refractivity contribution in [1.82, 2.24) is 9.80 Å². The largest absolute Gasteiger partial charge is 0.436 e. The number of imide groups is 1. The fourth-order valence-corrected chi connectivity index (χ4v) is 2.99. The zero-order valence-electron chi connectivity index (χ0n) is 17.6. The van der Waals surface area contributed by atoms with Crippen LogP contribution in [0.5, 0.6) is 0 Å². The Hall–Kier alpha value is -2.65. The second kappa shape index (κ2) is 12.1. The molecule has 2 N–H and O–H groups in total. The number of urea groups is 1. The van der Waals surface area contributed by atoms with Gasteiger partial charge < -0.3 is 24.8 Å². The lowest BCUT2D eigenvalue weighted by Gasteiger charge is -2.30. The van der Waals surface area contributed by atoms with E-state index in [-0.39, 0.29) is 25.5 Å². The number of carbonyl (C=O) groups excluding carboxylic acids is 3. The smallest absolute Gasteiger partial charge is 0.410 e. The lowest BCUT2D eigenvalue weighted by molar-refractivity contribution is -0.139. The van der Waals surface area contributed by atoms with Crippen LogP contribution in [0.25, 0.3) is 0 Å². The van der Waals surface area contributed by atoms with Gasteiger partial charge in [-0.1, -0.05) is 44.2 Å². The van der Waals surface area contributed by atoms with E-state index in [0.717, 1.165) is 10.5 Å². The van der Waals surface area contributed by atoms with Crippen LogP contribution in [0.15, 0.2) is 30.3 Å². The number of carbonyl (C=O) groups is 3. The molecule has 0 aromatic heterocycles. The summed E-state index contributed by atoms with van der Waals surface area (Å²) in [5.41, 5.74) is 6.39. The second-order valence-corrected chi connectivity index (χ2v) is 7.47. The van der Waals surface area contributed by atoms with Crippen molar-refractivity contribution >= 4 is 18.0 Å². The lowest BCUT2D eigenvalue weighted by atomic mass is 10.0. The van der Waals surface area contributed by atoms with E-state index in [2.05, 4.69) is 0 Å². The normalized spacial score (nSPS) is 15.0. The van der Waals surface area contributed by atoms with Gasteiger partial charge in [0.05, 0.1) is 33.0 Å². The summed E-state index contributed by atoms with van der Waals surface area (Å²) in [6, 6.07) is 8.64. The molecule has 1 atom stereocenters. The van der Waals surface area contributed by atoms with Crippen molar-refractivity contribution in [2.45, 2.75) is 33.0 Å². The SMILES string of the molecule is CC(C)CC(OC(=O)N1CCOCC1)C(=O)N(CCOCc1ccccc1)C(N)=O. The number of hydrogen-bond acceptors (Lipinski definition) is 6. The number of hydrogen-bond donors (Lipinski definition) is 1. The number of amides is 4. The molecule has 166 valence electrons. The van der Waals surface area contributed by atoms with Crippen molar-refractivity contribution in [3.63, 3.8) is 0 Å². The van der Waals surface area contributed by atoms with Crippen LogP contribution < -0.4 is 5.73 Å². The van der Waals surface area contributed by atoms with Crippen LogP contribution in [0.4, 0.5) is 9.59 Å². The Morgan fingerprint density at radius 3 is 2.43 bits per heavy atom. The number of nitrogens with two attached hydrogens (primary N) is 1. The standard InChI is InChI=1S/C21H31N3O6/c1-16(2)14-18(30-21(27)23-8-11-28-12-9-23)19(25)24(20(22)26)10-13-29-15-17-6-4-3-5-7-17/h3-7,16,18H,8-15H2,1-2H3,(H2,22,26). The molecule has 1 saturated heterocycles. The highest BCUT2D eigenvalue weighted by molar-refractivity contribution is 5.96. The molecule has 1 fully saturated rings. The quantitative estimate of drug-likeness (QED) is 0.611. The van der Waals surface area contributed by atoms with Crippen molar-refractivity contribution < 1.29 is 28.6 Å². The highest BCUT2D eigenvalue weighted by Gasteiger charge is 2.33. The first-order valence-electron chi connectivity index (χ1n) is 10.1. The van der Waals surface area contributed by atoms with E-state index in [1.54, 1.807) is 0 Å². The predicted molar refractivity (Wildman–Crippen MR) is 110 cm³/mol. The minimum atomic E-state index is -1.10. The number of nitrogens with zero attached hydrogens (tertiary/aromatic N) is 2. The summed E-state index contributed by atoms with van der Waals surface area (Å²) in [4.78, 5) is 39.6. The van der Waals surface area contributed by atoms with Crippen LogP contribution in [-0.2, 0) is 25.6 Å². The number of rotatable bonds is 9. The molecule has 1 unspecified atom stereocenters. The van der Waals surface area contributed by atoms with Gasteiger partial charge in [0.25, 0.3) is 5.91 Å². The van der Waals surface area contributed by atoms with Gasteiger partial charge >= 0.3 is 12.1 Å². The Balaban J connectivity index is 1.94. The molecule has 0 radical (unpaired) electrons. The maximum Gasteiger partial charge on any atom is 0.410 e. The van der Waals surface area contributed by atoms with Crippen LogP contribution in [0, 0.1) is 5.92 Å². The topological polar surface area (TPSA) is 111 Å². The fourth-order valence-electron chi connectivity index (χ4n) is 2.99. The molecule has 1 aromatic rings. The van der Waals surface area contributed by atoms with Crippen LogP contribution in [0.3, 0.4) is 0 Å². The number of morpholine rings is 1. The van der Waals surface area contributed by atoms with Crippen molar-refractivity contribution in [2.75, 3.05) is 39.5 Å². The molecule has 30 heavy (non-hydrogen) atoms. The number of benzene rings is 1.